The molecule has 2 aromatic carbocycles. The van der Waals surface area contributed by atoms with Crippen LogP contribution in [0.1, 0.15) is 28.3 Å². The first-order chi connectivity index (χ1) is 18.0. The van der Waals surface area contributed by atoms with Gasteiger partial charge in [0.15, 0.2) is 5.82 Å². The molecule has 3 heterocycles. The van der Waals surface area contributed by atoms with Crippen LogP contribution in [0.4, 0.5) is 5.82 Å². The van der Waals surface area contributed by atoms with E-state index in [-0.39, 0.29) is 22.2 Å². The van der Waals surface area contributed by atoms with Crippen molar-refractivity contribution >= 4 is 29.3 Å². The van der Waals surface area contributed by atoms with Crippen LogP contribution in [-0.4, -0.2) is 40.8 Å². The van der Waals surface area contributed by atoms with Crippen LogP contribution in [0.2, 0.25) is 5.02 Å². The Balaban J connectivity index is 1.24. The first-order valence-corrected chi connectivity index (χ1v) is 11.8. The van der Waals surface area contributed by atoms with Crippen LogP contribution < -0.4 is 19.5 Å². The topological polar surface area (TPSA) is 113 Å². The van der Waals surface area contributed by atoms with E-state index in [1.54, 1.807) is 31.5 Å². The van der Waals surface area contributed by atoms with Crippen LogP contribution in [0.3, 0.4) is 0 Å². The highest BCUT2D eigenvalue weighted by Gasteiger charge is 2.29. The molecule has 1 aliphatic heterocycles. The number of fused-ring (bicyclic) bond motifs is 1. The fraction of sp³-hybridized carbons (Fsp3) is 0.148. The molecule has 0 fully saturated rings. The number of carbonyl (C=O) groups excluding carboxylic acids is 2. The van der Waals surface area contributed by atoms with E-state index in [0.29, 0.717) is 30.4 Å². The van der Waals surface area contributed by atoms with Gasteiger partial charge in [-0.25, -0.2) is 4.98 Å². The standard InChI is InChI=1S/C27H21ClN4O5/c1-35-25-11-7-17(15-29-25)21-8-10-24(32-31-21)30-26(33)16-6-9-23(20(28)14-16)37-27(34)19-12-13-36-22-5-3-2-4-18(19)22/h2-11,14-15,19H,12-13H2,1H3,(H,30,32,33). The smallest absolute Gasteiger partial charge is 0.319 e. The van der Waals surface area contributed by atoms with Gasteiger partial charge in [-0.3, -0.25) is 9.59 Å². The lowest BCUT2D eigenvalue weighted by molar-refractivity contribution is -0.136. The molecule has 0 radical (unpaired) electrons. The minimum absolute atomic E-state index is 0.134. The summed E-state index contributed by atoms with van der Waals surface area (Å²) in [6.45, 7) is 0.421. The number of anilines is 1. The maximum absolute atomic E-state index is 12.9. The third-order valence-electron chi connectivity index (χ3n) is 5.80. The zero-order valence-electron chi connectivity index (χ0n) is 19.7. The fourth-order valence-electron chi connectivity index (χ4n) is 3.89. The number of methoxy groups -OCH3 is 1. The number of ether oxygens (including phenoxy) is 3. The highest BCUT2D eigenvalue weighted by Crippen LogP contribution is 2.35. The molecule has 1 unspecified atom stereocenters. The lowest BCUT2D eigenvalue weighted by Gasteiger charge is -2.24. The van der Waals surface area contributed by atoms with Gasteiger partial charge in [-0.05, 0) is 48.9 Å². The molecule has 9 nitrogen and oxygen atoms in total. The van der Waals surface area contributed by atoms with E-state index < -0.39 is 17.8 Å². The second kappa shape index (κ2) is 10.6. The third kappa shape index (κ3) is 5.36. The Kier molecular flexibility index (Phi) is 6.96. The van der Waals surface area contributed by atoms with E-state index in [9.17, 15) is 9.59 Å². The lowest BCUT2D eigenvalue weighted by Crippen LogP contribution is -2.25. The number of carbonyl (C=O) groups is 2. The molecule has 10 heteroatoms. The van der Waals surface area contributed by atoms with E-state index >= 15 is 0 Å². The van der Waals surface area contributed by atoms with Crippen molar-refractivity contribution in [2.24, 2.45) is 0 Å². The molecule has 37 heavy (non-hydrogen) atoms. The van der Waals surface area contributed by atoms with Crippen LogP contribution in [-0.2, 0) is 4.79 Å². The van der Waals surface area contributed by atoms with Crippen molar-refractivity contribution in [3.05, 3.63) is 89.1 Å². The van der Waals surface area contributed by atoms with Crippen molar-refractivity contribution in [2.45, 2.75) is 12.3 Å². The number of para-hydroxylation sites is 1. The highest BCUT2D eigenvalue weighted by atomic mass is 35.5. The van der Waals surface area contributed by atoms with Gasteiger partial charge in [-0.1, -0.05) is 29.8 Å². The van der Waals surface area contributed by atoms with Crippen molar-refractivity contribution in [2.75, 3.05) is 19.0 Å². The summed E-state index contributed by atoms with van der Waals surface area (Å²) in [6.07, 6.45) is 2.13. The Bertz CT molecular complexity index is 1440. The first-order valence-electron chi connectivity index (χ1n) is 11.4. The van der Waals surface area contributed by atoms with Gasteiger partial charge in [0.1, 0.15) is 11.5 Å². The Hall–Kier alpha value is -4.50. The summed E-state index contributed by atoms with van der Waals surface area (Å²) >= 11 is 6.35. The number of nitrogens with one attached hydrogen (secondary N) is 1. The molecule has 0 aliphatic carbocycles. The monoisotopic (exact) mass is 516 g/mol. The van der Waals surface area contributed by atoms with Gasteiger partial charge in [0.25, 0.3) is 5.91 Å². The quantitative estimate of drug-likeness (QED) is 0.284. The lowest BCUT2D eigenvalue weighted by atomic mass is 9.93. The molecule has 186 valence electrons. The number of amides is 1. The molecular weight excluding hydrogens is 496 g/mol. The summed E-state index contributed by atoms with van der Waals surface area (Å²) in [4.78, 5) is 29.7. The molecular formula is C27H21ClN4O5. The van der Waals surface area contributed by atoms with Crippen LogP contribution in [0, 0.1) is 0 Å². The van der Waals surface area contributed by atoms with Crippen molar-refractivity contribution in [3.63, 3.8) is 0 Å². The maximum atomic E-state index is 12.9. The number of halogens is 1. The molecule has 0 bridgehead atoms. The number of benzene rings is 2. The van der Waals surface area contributed by atoms with Gasteiger partial charge in [0.2, 0.25) is 5.88 Å². The summed E-state index contributed by atoms with van der Waals surface area (Å²) in [5, 5.41) is 11.0. The summed E-state index contributed by atoms with van der Waals surface area (Å²) in [7, 11) is 1.54. The average Bonchev–Trinajstić information content (AvgIpc) is 2.94. The Labute approximate surface area is 217 Å². The van der Waals surface area contributed by atoms with E-state index in [2.05, 4.69) is 20.5 Å². The molecule has 1 atom stereocenters. The molecule has 2 aromatic heterocycles. The van der Waals surface area contributed by atoms with Crippen molar-refractivity contribution in [1.82, 2.24) is 15.2 Å². The number of pyridine rings is 1. The number of rotatable bonds is 6. The molecule has 4 aromatic rings. The summed E-state index contributed by atoms with van der Waals surface area (Å²) in [5.41, 5.74) is 2.40. The Morgan fingerprint density at radius 1 is 1.05 bits per heavy atom. The molecule has 0 spiro atoms. The normalized spacial score (nSPS) is 14.2. The van der Waals surface area contributed by atoms with Gasteiger partial charge in [-0.2, -0.15) is 0 Å². The van der Waals surface area contributed by atoms with Gasteiger partial charge in [-0.15, -0.1) is 10.2 Å². The van der Waals surface area contributed by atoms with Crippen LogP contribution in [0.5, 0.6) is 17.4 Å². The molecule has 1 aliphatic rings. The summed E-state index contributed by atoms with van der Waals surface area (Å²) in [5.74, 6) is 0.270. The fourth-order valence-corrected chi connectivity index (χ4v) is 4.10. The second-order valence-corrected chi connectivity index (χ2v) is 8.55. The van der Waals surface area contributed by atoms with Gasteiger partial charge >= 0.3 is 5.97 Å². The SMILES string of the molecule is COc1ccc(-c2ccc(NC(=O)c3ccc(OC(=O)C4CCOc5ccccc54)c(Cl)c3)nn2)cn1. The minimum Gasteiger partial charge on any atom is -0.493 e. The molecule has 1 N–H and O–H groups in total. The summed E-state index contributed by atoms with van der Waals surface area (Å²) in [6, 6.07) is 18.7. The van der Waals surface area contributed by atoms with Crippen molar-refractivity contribution in [1.29, 1.82) is 0 Å². The highest BCUT2D eigenvalue weighted by molar-refractivity contribution is 6.32. The zero-order valence-corrected chi connectivity index (χ0v) is 20.4. The number of aromatic nitrogens is 3. The van der Waals surface area contributed by atoms with Gasteiger partial charge < -0.3 is 19.5 Å². The number of hydrogen-bond acceptors (Lipinski definition) is 8. The van der Waals surface area contributed by atoms with Crippen LogP contribution in [0.25, 0.3) is 11.3 Å². The average molecular weight is 517 g/mol. The molecule has 1 amide bonds. The van der Waals surface area contributed by atoms with E-state index in [1.807, 2.05) is 30.3 Å². The van der Waals surface area contributed by atoms with E-state index in [4.69, 9.17) is 25.8 Å². The molecule has 0 saturated carbocycles. The molecule has 5 rings (SSSR count). The predicted octanol–water partition coefficient (Wildman–Crippen LogP) is 4.92. The van der Waals surface area contributed by atoms with Crippen molar-refractivity contribution < 1.29 is 23.8 Å². The Morgan fingerprint density at radius 3 is 2.65 bits per heavy atom. The minimum atomic E-state index is -0.459. The number of esters is 1. The van der Waals surface area contributed by atoms with Crippen LogP contribution >= 0.6 is 11.6 Å². The van der Waals surface area contributed by atoms with Crippen molar-refractivity contribution in [3.8, 4) is 28.6 Å². The van der Waals surface area contributed by atoms with Crippen LogP contribution in [0.15, 0.2) is 72.9 Å². The number of nitrogens with zero attached hydrogens (tertiary/aromatic N) is 3. The third-order valence-corrected chi connectivity index (χ3v) is 6.09. The van der Waals surface area contributed by atoms with Gasteiger partial charge in [0, 0.05) is 29.0 Å². The largest absolute Gasteiger partial charge is 0.493 e. The van der Waals surface area contributed by atoms with E-state index in [0.717, 1.165) is 11.1 Å². The second-order valence-electron chi connectivity index (χ2n) is 8.14. The maximum Gasteiger partial charge on any atom is 0.319 e. The predicted molar refractivity (Wildman–Crippen MR) is 136 cm³/mol. The van der Waals surface area contributed by atoms with E-state index in [1.165, 1.54) is 18.2 Å². The number of hydrogen-bond donors (Lipinski definition) is 1. The zero-order chi connectivity index (χ0) is 25.8. The summed E-state index contributed by atoms with van der Waals surface area (Å²) < 4.78 is 16.2. The molecule has 0 saturated heterocycles. The first kappa shape index (κ1) is 24.2. The Morgan fingerprint density at radius 2 is 1.92 bits per heavy atom. The van der Waals surface area contributed by atoms with Gasteiger partial charge in [0.05, 0.1) is 30.4 Å².